The van der Waals surface area contributed by atoms with Crippen molar-refractivity contribution in [3.05, 3.63) is 54.4 Å². The molecular weight excluding hydrogens is 450 g/mol. The predicted octanol–water partition coefficient (Wildman–Crippen LogP) is 2.58. The minimum Gasteiger partial charge on any atom is -0.481 e. The van der Waals surface area contributed by atoms with Crippen molar-refractivity contribution in [2.75, 3.05) is 29.9 Å². The highest BCUT2D eigenvalue weighted by Crippen LogP contribution is 2.30. The summed E-state index contributed by atoms with van der Waals surface area (Å²) in [4.78, 5) is 44.4. The minimum atomic E-state index is -1.03. The Morgan fingerprint density at radius 3 is 2.63 bits per heavy atom. The fourth-order valence-electron chi connectivity index (χ4n) is 4.64. The van der Waals surface area contributed by atoms with Crippen LogP contribution in [0.3, 0.4) is 0 Å². The van der Waals surface area contributed by atoms with Gasteiger partial charge in [-0.15, -0.1) is 0 Å². The Bertz CT molecular complexity index is 1040. The molecule has 4 rings (SSSR count). The summed E-state index contributed by atoms with van der Waals surface area (Å²) >= 11 is 0. The van der Waals surface area contributed by atoms with Gasteiger partial charge in [-0.2, -0.15) is 0 Å². The number of carbonyl (C=O) groups excluding carboxylic acids is 2. The molecule has 3 atom stereocenters. The zero-order valence-electron chi connectivity index (χ0n) is 19.5. The Labute approximate surface area is 203 Å². The SMILES string of the molecule is O=C(O)CC(NC(=O)C1CC(O)N(c2cccc(NC(=O)N3CCCCC3)c2)C1)c1cccnc1. The van der Waals surface area contributed by atoms with Gasteiger partial charge in [0.05, 0.1) is 18.4 Å². The molecule has 0 aliphatic carbocycles. The van der Waals surface area contributed by atoms with Crippen LogP contribution in [0.5, 0.6) is 0 Å². The highest BCUT2D eigenvalue weighted by Gasteiger charge is 2.36. The van der Waals surface area contributed by atoms with Gasteiger partial charge in [-0.25, -0.2) is 4.79 Å². The summed E-state index contributed by atoms with van der Waals surface area (Å²) in [6, 6.07) is 9.76. The number of hydrogen-bond donors (Lipinski definition) is 4. The first-order chi connectivity index (χ1) is 16.9. The van der Waals surface area contributed by atoms with Gasteiger partial charge in [0, 0.05) is 49.8 Å². The fraction of sp³-hybridized carbons (Fsp3) is 0.440. The lowest BCUT2D eigenvalue weighted by atomic mass is 10.0. The number of aromatic nitrogens is 1. The van der Waals surface area contributed by atoms with Gasteiger partial charge in [-0.1, -0.05) is 12.1 Å². The van der Waals surface area contributed by atoms with Gasteiger partial charge in [-0.05, 0) is 49.1 Å². The lowest BCUT2D eigenvalue weighted by molar-refractivity contribution is -0.138. The van der Waals surface area contributed by atoms with Gasteiger partial charge in [0.2, 0.25) is 5.91 Å². The maximum Gasteiger partial charge on any atom is 0.321 e. The molecule has 186 valence electrons. The third-order valence-electron chi connectivity index (χ3n) is 6.50. The summed E-state index contributed by atoms with van der Waals surface area (Å²) in [5.41, 5.74) is 1.92. The number of nitrogens with zero attached hydrogens (tertiary/aromatic N) is 3. The quantitative estimate of drug-likeness (QED) is 0.477. The second kappa shape index (κ2) is 11.2. The zero-order chi connectivity index (χ0) is 24.8. The van der Waals surface area contributed by atoms with E-state index in [1.165, 1.54) is 6.20 Å². The van der Waals surface area contributed by atoms with Crippen LogP contribution in [0.1, 0.15) is 43.7 Å². The number of benzene rings is 1. The van der Waals surface area contributed by atoms with E-state index in [-0.39, 0.29) is 31.3 Å². The van der Waals surface area contributed by atoms with Gasteiger partial charge in [0.25, 0.3) is 0 Å². The van der Waals surface area contributed by atoms with Crippen LogP contribution in [0.15, 0.2) is 48.8 Å². The second-order valence-electron chi connectivity index (χ2n) is 9.04. The molecule has 2 fully saturated rings. The Morgan fingerprint density at radius 1 is 1.11 bits per heavy atom. The van der Waals surface area contributed by atoms with Crippen molar-refractivity contribution in [3.63, 3.8) is 0 Å². The van der Waals surface area contributed by atoms with E-state index in [9.17, 15) is 24.6 Å². The van der Waals surface area contributed by atoms with Crippen molar-refractivity contribution < 1.29 is 24.6 Å². The van der Waals surface area contributed by atoms with Crippen LogP contribution in [0.4, 0.5) is 16.2 Å². The number of nitrogens with one attached hydrogen (secondary N) is 2. The summed E-state index contributed by atoms with van der Waals surface area (Å²) in [6.07, 6.45) is 5.33. The number of likely N-dealkylation sites (tertiary alicyclic amines) is 1. The normalized spacial score (nSPS) is 20.8. The first kappa shape index (κ1) is 24.5. The van der Waals surface area contributed by atoms with E-state index in [0.717, 1.165) is 32.4 Å². The number of amides is 3. The highest BCUT2D eigenvalue weighted by atomic mass is 16.4. The fourth-order valence-corrected chi connectivity index (χ4v) is 4.64. The molecule has 0 saturated carbocycles. The third kappa shape index (κ3) is 6.27. The number of carboxylic acid groups (broad SMARTS) is 1. The van der Waals surface area contributed by atoms with E-state index in [1.807, 2.05) is 6.07 Å². The number of rotatable bonds is 7. The smallest absolute Gasteiger partial charge is 0.321 e. The Balaban J connectivity index is 1.40. The van der Waals surface area contributed by atoms with Crippen molar-refractivity contribution in [1.82, 2.24) is 15.2 Å². The molecule has 3 heterocycles. The number of carboxylic acids is 1. The first-order valence-corrected chi connectivity index (χ1v) is 11.9. The van der Waals surface area contributed by atoms with Crippen LogP contribution in [0, 0.1) is 5.92 Å². The lowest BCUT2D eigenvalue weighted by Gasteiger charge is -2.27. The molecule has 10 heteroatoms. The number of anilines is 2. The van der Waals surface area contributed by atoms with E-state index < -0.39 is 24.2 Å². The topological polar surface area (TPSA) is 135 Å². The summed E-state index contributed by atoms with van der Waals surface area (Å²) in [7, 11) is 0. The van der Waals surface area contributed by atoms with Crippen molar-refractivity contribution in [2.45, 2.75) is 44.4 Å². The van der Waals surface area contributed by atoms with E-state index in [2.05, 4.69) is 15.6 Å². The molecule has 3 amide bonds. The van der Waals surface area contributed by atoms with Crippen molar-refractivity contribution in [2.24, 2.45) is 5.92 Å². The van der Waals surface area contributed by atoms with E-state index in [1.54, 1.807) is 46.3 Å². The van der Waals surface area contributed by atoms with Crippen molar-refractivity contribution in [1.29, 1.82) is 0 Å². The summed E-state index contributed by atoms with van der Waals surface area (Å²) in [5, 5.41) is 25.7. The number of pyridine rings is 1. The standard InChI is InChI=1S/C25H31N5O5/c31-22-12-18(24(34)28-21(14-23(32)33)17-6-5-9-26-15-17)16-30(22)20-8-4-7-19(13-20)27-25(35)29-10-2-1-3-11-29/h4-9,13,15,18,21-22,31H,1-3,10-12,14,16H2,(H,27,35)(H,28,34)(H,32,33). The number of piperidine rings is 1. The molecule has 2 aliphatic rings. The largest absolute Gasteiger partial charge is 0.481 e. The molecule has 0 radical (unpaired) electrons. The third-order valence-corrected chi connectivity index (χ3v) is 6.50. The Morgan fingerprint density at radius 2 is 1.91 bits per heavy atom. The molecule has 2 aromatic rings. The molecule has 1 aromatic heterocycles. The number of carbonyl (C=O) groups is 3. The summed E-state index contributed by atoms with van der Waals surface area (Å²) in [5.74, 6) is -1.88. The number of aliphatic carboxylic acids is 1. The van der Waals surface area contributed by atoms with E-state index in [4.69, 9.17) is 0 Å². The Kier molecular flexibility index (Phi) is 7.81. The number of aliphatic hydroxyl groups excluding tert-OH is 1. The highest BCUT2D eigenvalue weighted by molar-refractivity contribution is 5.90. The van der Waals surface area contributed by atoms with Crippen molar-refractivity contribution in [3.8, 4) is 0 Å². The molecule has 35 heavy (non-hydrogen) atoms. The van der Waals surface area contributed by atoms with Gasteiger partial charge in [0.1, 0.15) is 6.23 Å². The predicted molar refractivity (Wildman–Crippen MR) is 130 cm³/mol. The number of urea groups is 1. The molecule has 10 nitrogen and oxygen atoms in total. The van der Waals surface area contributed by atoms with E-state index >= 15 is 0 Å². The van der Waals surface area contributed by atoms with Crippen LogP contribution in [0.25, 0.3) is 0 Å². The van der Waals surface area contributed by atoms with Gasteiger partial charge in [0.15, 0.2) is 0 Å². The van der Waals surface area contributed by atoms with Crippen LogP contribution >= 0.6 is 0 Å². The van der Waals surface area contributed by atoms with E-state index in [0.29, 0.717) is 16.9 Å². The van der Waals surface area contributed by atoms with Gasteiger partial charge < -0.3 is 30.6 Å². The minimum absolute atomic E-state index is 0.138. The zero-order valence-corrected chi connectivity index (χ0v) is 19.5. The van der Waals surface area contributed by atoms with Gasteiger partial charge >= 0.3 is 12.0 Å². The van der Waals surface area contributed by atoms with Crippen LogP contribution < -0.4 is 15.5 Å². The lowest BCUT2D eigenvalue weighted by Crippen LogP contribution is -2.38. The monoisotopic (exact) mass is 481 g/mol. The molecule has 2 saturated heterocycles. The van der Waals surface area contributed by atoms with Crippen LogP contribution in [-0.4, -0.2) is 63.9 Å². The maximum absolute atomic E-state index is 13.0. The molecular formula is C25H31N5O5. The molecule has 0 bridgehead atoms. The number of hydrogen-bond acceptors (Lipinski definition) is 6. The average molecular weight is 482 g/mol. The molecule has 4 N–H and O–H groups in total. The molecule has 0 spiro atoms. The maximum atomic E-state index is 13.0. The summed E-state index contributed by atoms with van der Waals surface area (Å²) < 4.78 is 0. The van der Waals surface area contributed by atoms with Gasteiger partial charge in [-0.3, -0.25) is 14.6 Å². The number of aliphatic hydroxyl groups is 1. The molecule has 1 aromatic carbocycles. The molecule has 2 aliphatic heterocycles. The van der Waals surface area contributed by atoms with Crippen LogP contribution in [-0.2, 0) is 9.59 Å². The van der Waals surface area contributed by atoms with Crippen molar-refractivity contribution >= 4 is 29.3 Å². The van der Waals surface area contributed by atoms with Crippen LogP contribution in [0.2, 0.25) is 0 Å². The second-order valence-corrected chi connectivity index (χ2v) is 9.04. The first-order valence-electron chi connectivity index (χ1n) is 11.9. The molecule has 3 unspecified atom stereocenters. The summed E-state index contributed by atoms with van der Waals surface area (Å²) in [6.45, 7) is 1.76. The average Bonchev–Trinajstić information content (AvgIpc) is 3.26. The Hall–Kier alpha value is -3.66.